The molecule has 1 heterocycles. The lowest BCUT2D eigenvalue weighted by atomic mass is 9.87. The second-order valence-electron chi connectivity index (χ2n) is 6.09. The van der Waals surface area contributed by atoms with Gasteiger partial charge in [0.05, 0.1) is 12.4 Å². The Morgan fingerprint density at radius 2 is 2.04 bits per heavy atom. The van der Waals surface area contributed by atoms with Gasteiger partial charge in [0, 0.05) is 25.5 Å². The summed E-state index contributed by atoms with van der Waals surface area (Å²) in [6.45, 7) is 1.17. The number of amides is 1. The van der Waals surface area contributed by atoms with Crippen LogP contribution in [-0.2, 0) is 17.9 Å². The van der Waals surface area contributed by atoms with Gasteiger partial charge in [-0.05, 0) is 24.0 Å². The number of hydrogen-bond donors (Lipinski definition) is 1. The maximum atomic E-state index is 12.5. The second-order valence-corrected chi connectivity index (χ2v) is 6.09. The number of nitrogens with zero attached hydrogens (tertiary/aromatic N) is 3. The molecule has 23 heavy (non-hydrogen) atoms. The zero-order valence-corrected chi connectivity index (χ0v) is 13.0. The lowest BCUT2D eigenvalue weighted by molar-refractivity contribution is -0.128. The molecule has 3 rings (SSSR count). The molecule has 118 valence electrons. The van der Waals surface area contributed by atoms with Crippen LogP contribution in [0.1, 0.15) is 36.8 Å². The lowest BCUT2D eigenvalue weighted by Gasteiger charge is -2.20. The molecule has 2 aromatic rings. The number of rotatable bonds is 5. The number of nitrogens with one attached hydrogen (secondary N) is 1. The van der Waals surface area contributed by atoms with E-state index in [-0.39, 0.29) is 5.91 Å². The van der Waals surface area contributed by atoms with E-state index in [1.807, 2.05) is 29.0 Å². The molecule has 0 saturated heterocycles. The fraction of sp³-hybridized carbons (Fsp3) is 0.389. The zero-order valence-electron chi connectivity index (χ0n) is 13.0. The van der Waals surface area contributed by atoms with Gasteiger partial charge in [-0.2, -0.15) is 5.26 Å². The van der Waals surface area contributed by atoms with Gasteiger partial charge in [-0.25, -0.2) is 4.98 Å². The van der Waals surface area contributed by atoms with Crippen molar-refractivity contribution in [1.29, 1.82) is 5.26 Å². The molecular weight excluding hydrogens is 288 g/mol. The summed E-state index contributed by atoms with van der Waals surface area (Å²) in [4.78, 5) is 16.5. The molecule has 1 aromatic carbocycles. The van der Waals surface area contributed by atoms with Crippen molar-refractivity contribution in [2.75, 3.05) is 0 Å². The third kappa shape index (κ3) is 3.26. The van der Waals surface area contributed by atoms with Gasteiger partial charge < -0.3 is 9.88 Å². The van der Waals surface area contributed by atoms with Gasteiger partial charge in [0.25, 0.3) is 0 Å². The molecule has 0 spiro atoms. The molecule has 1 aliphatic rings. The van der Waals surface area contributed by atoms with Gasteiger partial charge in [0.15, 0.2) is 0 Å². The number of hydrogen-bond acceptors (Lipinski definition) is 3. The molecule has 1 saturated carbocycles. The van der Waals surface area contributed by atoms with Crippen molar-refractivity contribution in [3.63, 3.8) is 0 Å². The largest absolute Gasteiger partial charge is 0.351 e. The Morgan fingerprint density at radius 1 is 1.30 bits per heavy atom. The van der Waals surface area contributed by atoms with Crippen molar-refractivity contribution in [3.8, 4) is 6.07 Å². The summed E-state index contributed by atoms with van der Waals surface area (Å²) in [7, 11) is 0. The Hall–Kier alpha value is -2.61. The van der Waals surface area contributed by atoms with Gasteiger partial charge in [-0.1, -0.05) is 37.1 Å². The van der Waals surface area contributed by atoms with Crippen molar-refractivity contribution in [2.45, 2.75) is 38.8 Å². The maximum absolute atomic E-state index is 12.5. The van der Waals surface area contributed by atoms with Crippen LogP contribution in [0.15, 0.2) is 43.0 Å². The minimum absolute atomic E-state index is 0.130. The number of nitriles is 1. The molecule has 1 amide bonds. The summed E-state index contributed by atoms with van der Waals surface area (Å²) >= 11 is 0. The van der Waals surface area contributed by atoms with Crippen molar-refractivity contribution < 1.29 is 4.79 Å². The highest BCUT2D eigenvalue weighted by molar-refractivity contribution is 5.85. The Bertz CT molecular complexity index is 709. The minimum atomic E-state index is -0.820. The van der Waals surface area contributed by atoms with E-state index in [0.717, 1.165) is 30.5 Å². The Kier molecular flexibility index (Phi) is 4.42. The molecule has 0 radical (unpaired) electrons. The van der Waals surface area contributed by atoms with Crippen LogP contribution in [0.2, 0.25) is 0 Å². The van der Waals surface area contributed by atoms with Crippen molar-refractivity contribution in [3.05, 3.63) is 54.1 Å². The van der Waals surface area contributed by atoms with E-state index < -0.39 is 5.41 Å². The van der Waals surface area contributed by atoms with Crippen molar-refractivity contribution >= 4 is 5.91 Å². The van der Waals surface area contributed by atoms with E-state index in [0.29, 0.717) is 19.4 Å². The van der Waals surface area contributed by atoms with Crippen LogP contribution >= 0.6 is 0 Å². The van der Waals surface area contributed by atoms with E-state index in [2.05, 4.69) is 22.4 Å². The lowest BCUT2D eigenvalue weighted by Crippen LogP contribution is -2.38. The quantitative estimate of drug-likeness (QED) is 0.923. The highest BCUT2D eigenvalue weighted by Gasteiger charge is 2.41. The van der Waals surface area contributed by atoms with Crippen molar-refractivity contribution in [1.82, 2.24) is 14.9 Å². The fourth-order valence-corrected chi connectivity index (χ4v) is 3.17. The SMILES string of the molecule is N#CC1(C(=O)NCc2ccccc2Cn2ccnc2)CCCC1. The molecule has 1 N–H and O–H groups in total. The van der Waals surface area contributed by atoms with E-state index in [9.17, 15) is 10.1 Å². The van der Waals surface area contributed by atoms with Gasteiger partial charge in [-0.15, -0.1) is 0 Å². The smallest absolute Gasteiger partial charge is 0.240 e. The first-order valence-corrected chi connectivity index (χ1v) is 7.96. The third-order valence-corrected chi connectivity index (χ3v) is 4.58. The third-order valence-electron chi connectivity index (χ3n) is 4.58. The molecule has 1 aliphatic carbocycles. The number of carbonyl (C=O) groups excluding carboxylic acids is 1. The van der Waals surface area contributed by atoms with Crippen LogP contribution in [0.3, 0.4) is 0 Å². The van der Waals surface area contributed by atoms with Gasteiger partial charge >= 0.3 is 0 Å². The van der Waals surface area contributed by atoms with Gasteiger partial charge in [0.1, 0.15) is 5.41 Å². The van der Waals surface area contributed by atoms with Crippen LogP contribution in [-0.4, -0.2) is 15.5 Å². The fourth-order valence-electron chi connectivity index (χ4n) is 3.17. The number of aromatic nitrogens is 2. The Labute approximate surface area is 136 Å². The average Bonchev–Trinajstić information content (AvgIpc) is 3.26. The standard InChI is InChI=1S/C18H20N4O/c19-13-18(7-3-4-8-18)17(23)21-11-15-5-1-2-6-16(15)12-22-10-9-20-14-22/h1-2,5-6,9-10,14H,3-4,7-8,11-12H2,(H,21,23). The molecule has 0 bridgehead atoms. The zero-order chi connectivity index (χ0) is 16.1. The van der Waals surface area contributed by atoms with Gasteiger partial charge in [-0.3, -0.25) is 4.79 Å². The average molecular weight is 308 g/mol. The second kappa shape index (κ2) is 6.66. The molecular formula is C18H20N4O. The summed E-state index contributed by atoms with van der Waals surface area (Å²) in [5.41, 5.74) is 1.39. The van der Waals surface area contributed by atoms with Crippen LogP contribution in [0.25, 0.3) is 0 Å². The van der Waals surface area contributed by atoms with E-state index >= 15 is 0 Å². The van der Waals surface area contributed by atoms with E-state index in [1.165, 1.54) is 0 Å². The first-order valence-electron chi connectivity index (χ1n) is 7.96. The summed E-state index contributed by atoms with van der Waals surface area (Å²) in [5, 5.41) is 12.4. The Morgan fingerprint density at radius 3 is 2.70 bits per heavy atom. The molecule has 1 aromatic heterocycles. The molecule has 5 heteroatoms. The van der Waals surface area contributed by atoms with Gasteiger partial charge in [0.2, 0.25) is 5.91 Å². The number of imidazole rings is 1. The predicted molar refractivity (Wildman–Crippen MR) is 86.1 cm³/mol. The predicted octanol–water partition coefficient (Wildman–Crippen LogP) is 2.63. The summed E-state index contributed by atoms with van der Waals surface area (Å²) in [5.74, 6) is -0.130. The van der Waals surface area contributed by atoms with Crippen LogP contribution in [0.4, 0.5) is 0 Å². The van der Waals surface area contributed by atoms with Crippen molar-refractivity contribution in [2.24, 2.45) is 5.41 Å². The topological polar surface area (TPSA) is 70.7 Å². The summed E-state index contributed by atoms with van der Waals surface area (Å²) < 4.78 is 1.99. The Balaban J connectivity index is 1.69. The first-order chi connectivity index (χ1) is 11.2. The highest BCUT2D eigenvalue weighted by atomic mass is 16.2. The molecule has 5 nitrogen and oxygen atoms in total. The van der Waals surface area contributed by atoms with E-state index in [1.54, 1.807) is 12.5 Å². The minimum Gasteiger partial charge on any atom is -0.351 e. The maximum Gasteiger partial charge on any atom is 0.240 e. The number of benzene rings is 1. The molecule has 0 atom stereocenters. The highest BCUT2D eigenvalue weighted by Crippen LogP contribution is 2.37. The summed E-state index contributed by atoms with van der Waals surface area (Å²) in [6.07, 6.45) is 8.70. The molecule has 1 fully saturated rings. The monoisotopic (exact) mass is 308 g/mol. The normalized spacial score (nSPS) is 16.0. The van der Waals surface area contributed by atoms with E-state index in [4.69, 9.17) is 0 Å². The first kappa shape index (κ1) is 15.3. The van der Waals surface area contributed by atoms with Crippen LogP contribution in [0, 0.1) is 16.7 Å². The molecule has 0 unspecified atom stereocenters. The van der Waals surface area contributed by atoms with Crippen LogP contribution < -0.4 is 5.32 Å². The molecule has 0 aliphatic heterocycles. The van der Waals surface area contributed by atoms with Crippen LogP contribution in [0.5, 0.6) is 0 Å². The number of carbonyl (C=O) groups is 1. The summed E-state index contributed by atoms with van der Waals surface area (Å²) in [6, 6.07) is 10.3.